The molecule has 1 aromatic heterocycles. The van der Waals surface area contributed by atoms with Crippen LogP contribution in [0.4, 0.5) is 5.69 Å². The van der Waals surface area contributed by atoms with Gasteiger partial charge in [0.2, 0.25) is 11.8 Å². The van der Waals surface area contributed by atoms with E-state index in [2.05, 4.69) is 15.7 Å². The van der Waals surface area contributed by atoms with Crippen molar-refractivity contribution in [3.8, 4) is 0 Å². The summed E-state index contributed by atoms with van der Waals surface area (Å²) in [5, 5.41) is 9.94. The van der Waals surface area contributed by atoms with Gasteiger partial charge in [0.25, 0.3) is 0 Å². The first-order valence-electron chi connectivity index (χ1n) is 7.93. The molecule has 1 aromatic carbocycles. The van der Waals surface area contributed by atoms with Crippen LogP contribution >= 0.6 is 0 Å². The van der Waals surface area contributed by atoms with Crippen molar-refractivity contribution in [3.63, 3.8) is 0 Å². The number of rotatable bonds is 4. The summed E-state index contributed by atoms with van der Waals surface area (Å²) in [6.07, 6.45) is 4.32. The normalized spacial score (nSPS) is 20.5. The van der Waals surface area contributed by atoms with Gasteiger partial charge in [0.1, 0.15) is 0 Å². The Hall–Kier alpha value is -2.67. The smallest absolute Gasteiger partial charge is 0.228 e. The number of carbonyl (C=O) groups excluding carboxylic acids is 2. The topological polar surface area (TPSA) is 102 Å². The fourth-order valence-corrected chi connectivity index (χ4v) is 2.96. The molecule has 0 unspecified atom stereocenters. The summed E-state index contributed by atoms with van der Waals surface area (Å²) in [4.78, 5) is 24.5. The number of amides is 2. The van der Waals surface area contributed by atoms with E-state index in [0.717, 1.165) is 11.1 Å². The molecule has 1 saturated heterocycles. The Balaban J connectivity index is 1.70. The van der Waals surface area contributed by atoms with Gasteiger partial charge in [-0.2, -0.15) is 5.10 Å². The highest BCUT2D eigenvalue weighted by Crippen LogP contribution is 2.28. The first kappa shape index (κ1) is 16.2. The largest absolute Gasteiger partial charge is 0.349 e. The Morgan fingerprint density at radius 2 is 2.33 bits per heavy atom. The first-order valence-corrected chi connectivity index (χ1v) is 7.93. The standard InChI is InChI=1S/C17H21N5O2/c1-22-10-13(9-19-22)15-6-12(7-16(23)21-15)17(24)20-14-4-2-3-11(5-14)8-18/h2-5,9-10,12,15H,6-8,18H2,1H3,(H,20,24)(H,21,23)/t12-,15-/m0/s1. The second-order valence-electron chi connectivity index (χ2n) is 6.10. The minimum absolute atomic E-state index is 0.119. The number of benzene rings is 1. The summed E-state index contributed by atoms with van der Waals surface area (Å²) in [7, 11) is 1.82. The molecule has 0 saturated carbocycles. The summed E-state index contributed by atoms with van der Waals surface area (Å²) in [6.45, 7) is 0.415. The Kier molecular flexibility index (Phi) is 4.61. The van der Waals surface area contributed by atoms with E-state index in [-0.39, 0.29) is 30.2 Å². The summed E-state index contributed by atoms with van der Waals surface area (Å²) < 4.78 is 1.68. The number of anilines is 1. The molecule has 7 heteroatoms. The van der Waals surface area contributed by atoms with E-state index in [4.69, 9.17) is 5.73 Å². The lowest BCUT2D eigenvalue weighted by Crippen LogP contribution is -2.40. The van der Waals surface area contributed by atoms with Gasteiger partial charge in [-0.3, -0.25) is 14.3 Å². The van der Waals surface area contributed by atoms with Crippen LogP contribution in [0.5, 0.6) is 0 Å². The zero-order valence-corrected chi connectivity index (χ0v) is 13.5. The third-order valence-corrected chi connectivity index (χ3v) is 4.22. The van der Waals surface area contributed by atoms with Crippen LogP contribution < -0.4 is 16.4 Å². The molecule has 0 spiro atoms. The quantitative estimate of drug-likeness (QED) is 0.782. The summed E-state index contributed by atoms with van der Waals surface area (Å²) >= 11 is 0. The van der Waals surface area contributed by atoms with Gasteiger partial charge in [0.05, 0.1) is 12.2 Å². The van der Waals surface area contributed by atoms with Gasteiger partial charge in [-0.05, 0) is 24.1 Å². The molecule has 7 nitrogen and oxygen atoms in total. The molecule has 24 heavy (non-hydrogen) atoms. The van der Waals surface area contributed by atoms with Crippen LogP contribution in [0, 0.1) is 5.92 Å². The zero-order valence-electron chi connectivity index (χ0n) is 13.5. The summed E-state index contributed by atoms with van der Waals surface area (Å²) in [6, 6.07) is 7.23. The molecule has 1 aliphatic rings. The molecule has 1 aliphatic heterocycles. The number of hydrogen-bond acceptors (Lipinski definition) is 4. The zero-order chi connectivity index (χ0) is 17.1. The monoisotopic (exact) mass is 327 g/mol. The highest BCUT2D eigenvalue weighted by molar-refractivity contribution is 5.96. The number of piperidine rings is 1. The van der Waals surface area contributed by atoms with E-state index in [1.165, 1.54) is 0 Å². The Labute approximate surface area is 140 Å². The molecule has 4 N–H and O–H groups in total. The number of aryl methyl sites for hydroxylation is 1. The third kappa shape index (κ3) is 3.62. The Morgan fingerprint density at radius 3 is 3.04 bits per heavy atom. The molecule has 0 aliphatic carbocycles. The van der Waals surface area contributed by atoms with Crippen LogP contribution in [0.3, 0.4) is 0 Å². The van der Waals surface area contributed by atoms with E-state index in [1.807, 2.05) is 37.5 Å². The fraction of sp³-hybridized carbons (Fsp3) is 0.353. The van der Waals surface area contributed by atoms with Crippen molar-refractivity contribution >= 4 is 17.5 Å². The number of nitrogens with two attached hydrogens (primary N) is 1. The minimum Gasteiger partial charge on any atom is -0.349 e. The number of nitrogens with zero attached hydrogens (tertiary/aromatic N) is 2. The highest BCUT2D eigenvalue weighted by atomic mass is 16.2. The van der Waals surface area contributed by atoms with Gasteiger partial charge >= 0.3 is 0 Å². The second-order valence-corrected chi connectivity index (χ2v) is 6.10. The van der Waals surface area contributed by atoms with Crippen molar-refractivity contribution in [1.29, 1.82) is 0 Å². The van der Waals surface area contributed by atoms with Crippen molar-refractivity contribution in [2.75, 3.05) is 5.32 Å². The van der Waals surface area contributed by atoms with Crippen molar-refractivity contribution in [3.05, 3.63) is 47.8 Å². The highest BCUT2D eigenvalue weighted by Gasteiger charge is 2.32. The lowest BCUT2D eigenvalue weighted by molar-refractivity contribution is -0.131. The van der Waals surface area contributed by atoms with E-state index < -0.39 is 0 Å². The fourth-order valence-electron chi connectivity index (χ4n) is 2.96. The molecule has 126 valence electrons. The molecule has 2 amide bonds. The SMILES string of the molecule is Cn1cc([C@@H]2C[C@H](C(=O)Nc3cccc(CN)c3)CC(=O)N2)cn1. The van der Waals surface area contributed by atoms with Crippen molar-refractivity contribution in [2.45, 2.75) is 25.4 Å². The van der Waals surface area contributed by atoms with Gasteiger partial charge in [0.15, 0.2) is 0 Å². The molecule has 1 fully saturated rings. The Bertz CT molecular complexity index is 755. The number of aromatic nitrogens is 2. The second kappa shape index (κ2) is 6.84. The van der Waals surface area contributed by atoms with Gasteiger partial charge in [0, 0.05) is 43.4 Å². The van der Waals surface area contributed by atoms with E-state index in [0.29, 0.717) is 18.7 Å². The molecule has 2 heterocycles. The van der Waals surface area contributed by atoms with Crippen LogP contribution in [0.2, 0.25) is 0 Å². The van der Waals surface area contributed by atoms with Crippen molar-refractivity contribution in [1.82, 2.24) is 15.1 Å². The maximum absolute atomic E-state index is 12.6. The van der Waals surface area contributed by atoms with Crippen LogP contribution in [0.25, 0.3) is 0 Å². The van der Waals surface area contributed by atoms with Gasteiger partial charge in [-0.15, -0.1) is 0 Å². The summed E-state index contributed by atoms with van der Waals surface area (Å²) in [5.41, 5.74) is 8.18. The summed E-state index contributed by atoms with van der Waals surface area (Å²) in [5.74, 6) is -0.635. The van der Waals surface area contributed by atoms with Crippen LogP contribution in [0.1, 0.15) is 30.0 Å². The first-order chi connectivity index (χ1) is 11.5. The maximum atomic E-state index is 12.6. The van der Waals surface area contributed by atoms with Crippen molar-refractivity contribution < 1.29 is 9.59 Å². The molecule has 0 radical (unpaired) electrons. The van der Waals surface area contributed by atoms with E-state index in [9.17, 15) is 9.59 Å². The van der Waals surface area contributed by atoms with Crippen molar-refractivity contribution in [2.24, 2.45) is 18.7 Å². The average Bonchev–Trinajstić information content (AvgIpc) is 3.01. The molecule has 0 bridgehead atoms. The van der Waals surface area contributed by atoms with Gasteiger partial charge < -0.3 is 16.4 Å². The average molecular weight is 327 g/mol. The predicted molar refractivity (Wildman–Crippen MR) is 89.8 cm³/mol. The lowest BCUT2D eigenvalue weighted by atomic mass is 9.88. The van der Waals surface area contributed by atoms with E-state index in [1.54, 1.807) is 10.9 Å². The number of hydrogen-bond donors (Lipinski definition) is 3. The van der Waals surface area contributed by atoms with Crippen LogP contribution in [-0.2, 0) is 23.2 Å². The number of carbonyl (C=O) groups is 2. The minimum atomic E-state index is -0.370. The molecular formula is C17H21N5O2. The Morgan fingerprint density at radius 1 is 1.50 bits per heavy atom. The molecule has 2 atom stereocenters. The molecule has 3 rings (SSSR count). The lowest BCUT2D eigenvalue weighted by Gasteiger charge is -2.28. The third-order valence-electron chi connectivity index (χ3n) is 4.22. The predicted octanol–water partition coefficient (Wildman–Crippen LogP) is 1.08. The van der Waals surface area contributed by atoms with Crippen LogP contribution in [-0.4, -0.2) is 21.6 Å². The molecule has 2 aromatic rings. The number of nitrogens with one attached hydrogen (secondary N) is 2. The molecular weight excluding hydrogens is 306 g/mol. The van der Waals surface area contributed by atoms with Gasteiger partial charge in [-0.1, -0.05) is 12.1 Å². The van der Waals surface area contributed by atoms with E-state index >= 15 is 0 Å². The maximum Gasteiger partial charge on any atom is 0.228 e. The van der Waals surface area contributed by atoms with Crippen LogP contribution in [0.15, 0.2) is 36.7 Å². The van der Waals surface area contributed by atoms with Gasteiger partial charge in [-0.25, -0.2) is 0 Å².